The molecule has 0 unspecified atom stereocenters. The van der Waals surface area contributed by atoms with Gasteiger partial charge < -0.3 is 15.4 Å². The number of carbonyl (C=O) groups excluding carboxylic acids is 1. The predicted octanol–water partition coefficient (Wildman–Crippen LogP) is 2.31. The fraction of sp³-hybridized carbons (Fsp3) is 0.462. The molecule has 1 aromatic rings. The lowest BCUT2D eigenvalue weighted by Crippen LogP contribution is -2.36. The Balaban J connectivity index is 0.00000361. The van der Waals surface area contributed by atoms with Crippen molar-refractivity contribution in [1.29, 1.82) is 0 Å². The van der Waals surface area contributed by atoms with Gasteiger partial charge in [0.1, 0.15) is 0 Å². The molecule has 0 heterocycles. The Morgan fingerprint density at radius 2 is 1.90 bits per heavy atom. The zero-order valence-corrected chi connectivity index (χ0v) is 13.6. The van der Waals surface area contributed by atoms with Crippen molar-refractivity contribution >= 4 is 41.5 Å². The quantitative estimate of drug-likeness (QED) is 0.713. The van der Waals surface area contributed by atoms with Crippen LogP contribution >= 0.6 is 35.6 Å². The molecule has 0 spiro atoms. The lowest BCUT2D eigenvalue weighted by Gasteiger charge is -2.09. The summed E-state index contributed by atoms with van der Waals surface area (Å²) in [6.45, 7) is 2.02. The number of nitrogens with one attached hydrogen (secondary N) is 2. The summed E-state index contributed by atoms with van der Waals surface area (Å²) in [5.41, 5.74) is 0.860. The SMILES string of the molecule is COCCNCC(=O)NCCc1c(Cl)cccc1Cl.Cl. The van der Waals surface area contributed by atoms with Crippen LogP contribution in [0.2, 0.25) is 10.0 Å². The number of carbonyl (C=O) groups is 1. The second kappa shape index (κ2) is 11.2. The van der Waals surface area contributed by atoms with Gasteiger partial charge in [-0.1, -0.05) is 29.3 Å². The normalized spacial score (nSPS) is 9.95. The van der Waals surface area contributed by atoms with E-state index in [0.717, 1.165) is 5.56 Å². The molecule has 0 radical (unpaired) electrons. The van der Waals surface area contributed by atoms with Crippen LogP contribution < -0.4 is 10.6 Å². The molecule has 0 atom stereocenters. The summed E-state index contributed by atoms with van der Waals surface area (Å²) >= 11 is 12.1. The van der Waals surface area contributed by atoms with Gasteiger partial charge in [0.05, 0.1) is 13.2 Å². The molecule has 0 aliphatic carbocycles. The Bertz CT molecular complexity index is 396. The first-order valence-electron chi connectivity index (χ1n) is 6.04. The van der Waals surface area contributed by atoms with Crippen molar-refractivity contribution in [2.24, 2.45) is 0 Å². The van der Waals surface area contributed by atoms with Gasteiger partial charge in [0.15, 0.2) is 0 Å². The molecule has 4 nitrogen and oxygen atoms in total. The van der Waals surface area contributed by atoms with Gasteiger partial charge in [-0.15, -0.1) is 12.4 Å². The second-order valence-electron chi connectivity index (χ2n) is 3.97. The second-order valence-corrected chi connectivity index (χ2v) is 4.78. The number of rotatable bonds is 8. The number of hydrogen-bond acceptors (Lipinski definition) is 3. The van der Waals surface area contributed by atoms with Gasteiger partial charge in [-0.05, 0) is 24.1 Å². The number of benzene rings is 1. The minimum absolute atomic E-state index is 0. The Morgan fingerprint density at radius 3 is 2.50 bits per heavy atom. The van der Waals surface area contributed by atoms with Crippen molar-refractivity contribution < 1.29 is 9.53 Å². The highest BCUT2D eigenvalue weighted by molar-refractivity contribution is 6.35. The molecule has 0 fully saturated rings. The molecule has 2 N–H and O–H groups in total. The maximum absolute atomic E-state index is 11.5. The molecule has 1 aromatic carbocycles. The van der Waals surface area contributed by atoms with E-state index in [2.05, 4.69) is 10.6 Å². The van der Waals surface area contributed by atoms with Crippen LogP contribution in [0, 0.1) is 0 Å². The van der Waals surface area contributed by atoms with Crippen LogP contribution in [0.25, 0.3) is 0 Å². The molecule has 0 saturated carbocycles. The largest absolute Gasteiger partial charge is 0.383 e. The highest BCUT2D eigenvalue weighted by Crippen LogP contribution is 2.24. The standard InChI is InChI=1S/C13H18Cl2N2O2.ClH/c1-19-8-7-16-9-13(18)17-6-5-10-11(14)3-2-4-12(10)15;/h2-4,16H,5-9H2,1H3,(H,17,18);1H. The van der Waals surface area contributed by atoms with Crippen molar-refractivity contribution in [2.45, 2.75) is 6.42 Å². The van der Waals surface area contributed by atoms with Crippen molar-refractivity contribution in [3.05, 3.63) is 33.8 Å². The molecule has 0 aliphatic heterocycles. The van der Waals surface area contributed by atoms with E-state index in [-0.39, 0.29) is 24.9 Å². The minimum Gasteiger partial charge on any atom is -0.383 e. The lowest BCUT2D eigenvalue weighted by molar-refractivity contribution is -0.120. The summed E-state index contributed by atoms with van der Waals surface area (Å²) in [4.78, 5) is 11.5. The average molecular weight is 342 g/mol. The Hall–Kier alpha value is -0.520. The molecular weight excluding hydrogens is 323 g/mol. The first-order chi connectivity index (χ1) is 9.15. The highest BCUT2D eigenvalue weighted by atomic mass is 35.5. The van der Waals surface area contributed by atoms with E-state index in [0.29, 0.717) is 36.2 Å². The van der Waals surface area contributed by atoms with Gasteiger partial charge in [0.2, 0.25) is 5.91 Å². The highest BCUT2D eigenvalue weighted by Gasteiger charge is 2.06. The summed E-state index contributed by atoms with van der Waals surface area (Å²) in [6, 6.07) is 5.38. The van der Waals surface area contributed by atoms with E-state index in [1.165, 1.54) is 0 Å². The van der Waals surface area contributed by atoms with Gasteiger partial charge in [-0.25, -0.2) is 0 Å². The molecule has 0 saturated heterocycles. The fourth-order valence-corrected chi connectivity index (χ4v) is 2.12. The van der Waals surface area contributed by atoms with E-state index in [9.17, 15) is 4.79 Å². The smallest absolute Gasteiger partial charge is 0.233 e. The summed E-state index contributed by atoms with van der Waals surface area (Å²) in [6.07, 6.45) is 0.613. The van der Waals surface area contributed by atoms with Crippen LogP contribution in [0.1, 0.15) is 5.56 Å². The summed E-state index contributed by atoms with van der Waals surface area (Å²) in [5.74, 6) is -0.0562. The molecule has 114 valence electrons. The molecule has 0 bridgehead atoms. The molecule has 7 heteroatoms. The third kappa shape index (κ3) is 7.31. The molecule has 20 heavy (non-hydrogen) atoms. The van der Waals surface area contributed by atoms with E-state index in [1.54, 1.807) is 25.3 Å². The van der Waals surface area contributed by atoms with E-state index >= 15 is 0 Å². The number of halogens is 3. The van der Waals surface area contributed by atoms with Crippen molar-refractivity contribution in [3.8, 4) is 0 Å². The molecular formula is C13H19Cl3N2O2. The van der Waals surface area contributed by atoms with Gasteiger partial charge in [-0.3, -0.25) is 4.79 Å². The molecule has 0 aliphatic rings. The van der Waals surface area contributed by atoms with Crippen LogP contribution in [0.5, 0.6) is 0 Å². The Morgan fingerprint density at radius 1 is 1.25 bits per heavy atom. The number of amides is 1. The maximum atomic E-state index is 11.5. The van der Waals surface area contributed by atoms with Crippen LogP contribution in [-0.4, -0.2) is 39.3 Å². The lowest BCUT2D eigenvalue weighted by atomic mass is 10.1. The zero-order chi connectivity index (χ0) is 14.1. The van der Waals surface area contributed by atoms with E-state index < -0.39 is 0 Å². The van der Waals surface area contributed by atoms with Crippen LogP contribution in [0.15, 0.2) is 18.2 Å². The van der Waals surface area contributed by atoms with Crippen molar-refractivity contribution in [2.75, 3.05) is 33.4 Å². The first kappa shape index (κ1) is 19.5. The average Bonchev–Trinajstić information content (AvgIpc) is 2.38. The fourth-order valence-electron chi connectivity index (χ4n) is 1.54. The maximum Gasteiger partial charge on any atom is 0.233 e. The number of hydrogen-bond donors (Lipinski definition) is 2. The minimum atomic E-state index is -0.0562. The third-order valence-corrected chi connectivity index (χ3v) is 3.24. The predicted molar refractivity (Wildman–Crippen MR) is 85.2 cm³/mol. The topological polar surface area (TPSA) is 50.4 Å². The molecule has 0 aromatic heterocycles. The van der Waals surface area contributed by atoms with Crippen molar-refractivity contribution in [3.63, 3.8) is 0 Å². The van der Waals surface area contributed by atoms with Crippen LogP contribution in [-0.2, 0) is 16.0 Å². The summed E-state index contributed by atoms with van der Waals surface area (Å²) in [5, 5.41) is 7.02. The summed E-state index contributed by atoms with van der Waals surface area (Å²) in [7, 11) is 1.62. The van der Waals surface area contributed by atoms with Crippen LogP contribution in [0.4, 0.5) is 0 Å². The first-order valence-corrected chi connectivity index (χ1v) is 6.80. The van der Waals surface area contributed by atoms with E-state index in [1.807, 2.05) is 0 Å². The zero-order valence-electron chi connectivity index (χ0n) is 11.2. The Kier molecular flexibility index (Phi) is 10.9. The molecule has 1 amide bonds. The van der Waals surface area contributed by atoms with Crippen molar-refractivity contribution in [1.82, 2.24) is 10.6 Å². The Labute approximate surface area is 135 Å². The van der Waals surface area contributed by atoms with Gasteiger partial charge >= 0.3 is 0 Å². The molecule has 1 rings (SSSR count). The third-order valence-electron chi connectivity index (χ3n) is 2.53. The van der Waals surface area contributed by atoms with E-state index in [4.69, 9.17) is 27.9 Å². The van der Waals surface area contributed by atoms with Gasteiger partial charge in [-0.2, -0.15) is 0 Å². The number of ether oxygens (including phenoxy) is 1. The monoisotopic (exact) mass is 340 g/mol. The summed E-state index contributed by atoms with van der Waals surface area (Å²) < 4.78 is 4.87. The van der Waals surface area contributed by atoms with Gasteiger partial charge in [0, 0.05) is 30.2 Å². The number of methoxy groups -OCH3 is 1. The van der Waals surface area contributed by atoms with Crippen LogP contribution in [0.3, 0.4) is 0 Å². The van der Waals surface area contributed by atoms with Gasteiger partial charge in [0.25, 0.3) is 0 Å².